The fourth-order valence-corrected chi connectivity index (χ4v) is 1.50. The van der Waals surface area contributed by atoms with Crippen LogP contribution in [-0.4, -0.2) is 53.4 Å². The van der Waals surface area contributed by atoms with Crippen molar-refractivity contribution in [1.29, 1.82) is 0 Å². The molecule has 0 heterocycles. The molecule has 0 aliphatic heterocycles. The van der Waals surface area contributed by atoms with Gasteiger partial charge in [-0.15, -0.1) is 0 Å². The lowest BCUT2D eigenvalue weighted by atomic mass is 9.88. The molecule has 1 radical (unpaired) electrons. The molecule has 0 saturated carbocycles. The van der Waals surface area contributed by atoms with Crippen molar-refractivity contribution in [3.8, 4) is 0 Å². The van der Waals surface area contributed by atoms with E-state index in [-0.39, 0.29) is 6.92 Å². The Morgan fingerprint density at radius 1 is 0.483 bits per heavy atom. The van der Waals surface area contributed by atoms with E-state index in [1.165, 1.54) is 0 Å². The number of halogens is 17. The van der Waals surface area contributed by atoms with Crippen molar-refractivity contribution >= 4 is 5.78 Å². The first-order chi connectivity index (χ1) is 12.2. The van der Waals surface area contributed by atoms with E-state index in [4.69, 9.17) is 0 Å². The fourth-order valence-electron chi connectivity index (χ4n) is 1.50. The highest BCUT2D eigenvalue weighted by molar-refractivity contribution is 5.93. The number of carbonyl (C=O) groups is 1. The van der Waals surface area contributed by atoms with Crippen LogP contribution in [0.5, 0.6) is 0 Å². The lowest BCUT2D eigenvalue weighted by molar-refractivity contribution is -0.459. The van der Waals surface area contributed by atoms with Crippen LogP contribution in [0.25, 0.3) is 0 Å². The molecule has 0 aliphatic carbocycles. The quantitative estimate of drug-likeness (QED) is 0.407. The second kappa shape index (κ2) is 6.75. The Bertz CT molecular complexity index is 628. The van der Waals surface area contributed by atoms with Gasteiger partial charge in [0.2, 0.25) is 5.78 Å². The van der Waals surface area contributed by atoms with E-state index in [1.54, 1.807) is 0 Å². The third kappa shape index (κ3) is 3.29. The highest BCUT2D eigenvalue weighted by Gasteiger charge is 2.95. The third-order valence-electron chi connectivity index (χ3n) is 3.29. The smallest absolute Gasteiger partial charge is 0.292 e. The van der Waals surface area contributed by atoms with Gasteiger partial charge in [-0.1, -0.05) is 6.92 Å². The molecule has 0 fully saturated rings. The van der Waals surface area contributed by atoms with Crippen molar-refractivity contribution in [2.24, 2.45) is 0 Å². The Kier molecular flexibility index (Phi) is 6.39. The lowest BCUT2D eigenvalue weighted by Gasteiger charge is -2.42. The maximum absolute atomic E-state index is 13.2. The first-order valence-corrected chi connectivity index (χ1v) is 6.28. The predicted molar refractivity (Wildman–Crippen MR) is 55.7 cm³/mol. The van der Waals surface area contributed by atoms with Gasteiger partial charge < -0.3 is 0 Å². The molecule has 0 saturated heterocycles. The summed E-state index contributed by atoms with van der Waals surface area (Å²) in [5.41, 5.74) is 0. The van der Waals surface area contributed by atoms with Crippen LogP contribution in [0, 0.1) is 6.42 Å². The Labute approximate surface area is 147 Å². The highest BCUT2D eigenvalue weighted by atomic mass is 19.4. The van der Waals surface area contributed by atoms with Crippen LogP contribution in [-0.2, 0) is 4.79 Å². The Morgan fingerprint density at radius 3 is 0.966 bits per heavy atom. The molecule has 0 unspecified atom stereocenters. The van der Waals surface area contributed by atoms with Crippen molar-refractivity contribution in [1.82, 2.24) is 0 Å². The maximum atomic E-state index is 13.2. The number of ketones is 1. The third-order valence-corrected chi connectivity index (χ3v) is 3.29. The van der Waals surface area contributed by atoms with E-state index in [9.17, 15) is 79.4 Å². The molecule has 0 aromatic heterocycles. The average molecular weight is 475 g/mol. The number of hydrogen-bond donors (Lipinski definition) is 0. The van der Waals surface area contributed by atoms with Crippen LogP contribution in [0.1, 0.15) is 6.92 Å². The maximum Gasteiger partial charge on any atom is 0.460 e. The van der Waals surface area contributed by atoms with Crippen molar-refractivity contribution < 1.29 is 79.4 Å². The van der Waals surface area contributed by atoms with Gasteiger partial charge >= 0.3 is 47.6 Å². The predicted octanol–water partition coefficient (Wildman–Crippen LogP) is 5.79. The Balaban J connectivity index is 6.77. The van der Waals surface area contributed by atoms with Crippen LogP contribution >= 0.6 is 0 Å². The van der Waals surface area contributed by atoms with Crippen molar-refractivity contribution in [2.75, 3.05) is 0 Å². The van der Waals surface area contributed by atoms with Gasteiger partial charge in [-0.25, -0.2) is 0 Å². The van der Waals surface area contributed by atoms with Gasteiger partial charge in [0.25, 0.3) is 0 Å². The summed E-state index contributed by atoms with van der Waals surface area (Å²) in [5.74, 6) is -60.9. The van der Waals surface area contributed by atoms with Crippen molar-refractivity contribution in [3.63, 3.8) is 0 Å². The number of Topliss-reactive ketones (excluding diaryl/α,β-unsaturated/α-hetero) is 1. The summed E-state index contributed by atoms with van der Waals surface area (Å²) >= 11 is 0. The molecule has 0 amide bonds. The molecule has 0 aliphatic rings. The molecule has 173 valence electrons. The zero-order valence-electron chi connectivity index (χ0n) is 12.9. The molecule has 0 atom stereocenters. The van der Waals surface area contributed by atoms with E-state index >= 15 is 0 Å². The molecule has 0 aromatic rings. The summed E-state index contributed by atoms with van der Waals surface area (Å²) < 4.78 is 217. The molecule has 1 nitrogen and oxygen atoms in total. The zero-order chi connectivity index (χ0) is 24.3. The Hall–Kier alpha value is -1.52. The Morgan fingerprint density at radius 2 is 0.724 bits per heavy atom. The summed E-state index contributed by atoms with van der Waals surface area (Å²) in [5, 5.41) is 0. The van der Waals surface area contributed by atoms with Crippen LogP contribution in [0.4, 0.5) is 74.6 Å². The molecule has 0 N–H and O–H groups in total. The standard InChI is InChI=1S/C11H4F17O/c1-2-3(29)4(12,13)5(14,15)6(16,17)7(18,19)8(20,21)9(22,23)10(24,25)11(26,27)28/h2H,1H3. The highest BCUT2D eigenvalue weighted by Crippen LogP contribution is 2.63. The topological polar surface area (TPSA) is 17.1 Å². The first kappa shape index (κ1) is 27.5. The monoisotopic (exact) mass is 475 g/mol. The second-order valence-corrected chi connectivity index (χ2v) is 5.17. The summed E-state index contributed by atoms with van der Waals surface area (Å²) in [7, 11) is 0. The largest absolute Gasteiger partial charge is 0.460 e. The molecule has 0 bridgehead atoms. The zero-order valence-corrected chi connectivity index (χ0v) is 12.9. The van der Waals surface area contributed by atoms with Gasteiger partial charge in [-0.05, 0) is 0 Å². The number of hydrogen-bond acceptors (Lipinski definition) is 1. The molecule has 29 heavy (non-hydrogen) atoms. The SMILES string of the molecule is C[CH]C(=O)C(F)(F)C(F)(F)C(F)(F)C(F)(F)C(F)(F)C(F)(F)C(F)(F)C(F)(F)F. The number of carbonyl (C=O) groups excluding carboxylic acids is 1. The summed E-state index contributed by atoms with van der Waals surface area (Å²) in [6.07, 6.45) is -8.46. The molecule has 0 rings (SSSR count). The minimum atomic E-state index is -8.69. The molecular weight excluding hydrogens is 471 g/mol. The summed E-state index contributed by atoms with van der Waals surface area (Å²) in [4.78, 5) is 10.5. The van der Waals surface area contributed by atoms with Gasteiger partial charge in [0.05, 0.1) is 0 Å². The van der Waals surface area contributed by atoms with Gasteiger partial charge in [-0.3, -0.25) is 4.79 Å². The van der Waals surface area contributed by atoms with E-state index < -0.39 is 59.8 Å². The molecule has 0 spiro atoms. The fraction of sp³-hybridized carbons (Fsp3) is 0.818. The molecular formula is C11H4F17O. The van der Waals surface area contributed by atoms with Crippen LogP contribution in [0.15, 0.2) is 0 Å². The van der Waals surface area contributed by atoms with Crippen molar-refractivity contribution in [2.45, 2.75) is 54.6 Å². The van der Waals surface area contributed by atoms with Gasteiger partial charge in [-0.2, -0.15) is 74.6 Å². The normalized spacial score (nSPS) is 16.2. The second-order valence-electron chi connectivity index (χ2n) is 5.17. The minimum Gasteiger partial charge on any atom is -0.292 e. The van der Waals surface area contributed by atoms with E-state index in [1.807, 2.05) is 0 Å². The minimum absolute atomic E-state index is 0.134. The summed E-state index contributed by atoms with van der Waals surface area (Å²) in [6, 6.07) is 0. The van der Waals surface area contributed by atoms with Crippen molar-refractivity contribution in [3.05, 3.63) is 6.42 Å². The molecule has 18 heteroatoms. The van der Waals surface area contributed by atoms with Gasteiger partial charge in [0, 0.05) is 6.42 Å². The average Bonchev–Trinajstić information content (AvgIpc) is 2.51. The van der Waals surface area contributed by atoms with E-state index in [2.05, 4.69) is 0 Å². The van der Waals surface area contributed by atoms with Gasteiger partial charge in [0.15, 0.2) is 0 Å². The van der Waals surface area contributed by atoms with Crippen LogP contribution in [0.3, 0.4) is 0 Å². The molecule has 0 aromatic carbocycles. The van der Waals surface area contributed by atoms with E-state index in [0.29, 0.717) is 0 Å². The lowest BCUT2D eigenvalue weighted by Crippen LogP contribution is -2.75. The summed E-state index contributed by atoms with van der Waals surface area (Å²) in [6.45, 7) is 0.134. The van der Waals surface area contributed by atoms with Crippen LogP contribution in [0.2, 0.25) is 0 Å². The van der Waals surface area contributed by atoms with Crippen LogP contribution < -0.4 is 0 Å². The number of alkyl halides is 17. The van der Waals surface area contributed by atoms with E-state index in [0.717, 1.165) is 0 Å². The van der Waals surface area contributed by atoms with Gasteiger partial charge in [0.1, 0.15) is 0 Å². The number of rotatable bonds is 8. The first-order valence-electron chi connectivity index (χ1n) is 6.28.